The minimum atomic E-state index is -0.115. The van der Waals surface area contributed by atoms with Gasteiger partial charge in [0.2, 0.25) is 0 Å². The first-order valence-corrected chi connectivity index (χ1v) is 12.0. The molecule has 0 spiro atoms. The standard InChI is InChI=1S/C25H25ClN2OS2/c1-5-11-27-21-14-20(26)17(12-19(21)16(2)15-25(27,3)4)13-22-23(29)28(24(30)31-22)18-9-7-6-8-10-18/h6-10,12-15H,5,11H2,1-4H3/b22-13+. The molecule has 2 aliphatic rings. The molecule has 3 nitrogen and oxygen atoms in total. The third-order valence-electron chi connectivity index (χ3n) is 5.64. The van der Waals surface area contributed by atoms with Gasteiger partial charge in [0.25, 0.3) is 5.91 Å². The lowest BCUT2D eigenvalue weighted by Crippen LogP contribution is -2.45. The Morgan fingerprint density at radius 2 is 1.90 bits per heavy atom. The number of thiocarbonyl (C=S) groups is 1. The lowest BCUT2D eigenvalue weighted by atomic mass is 9.87. The number of hydrogen-bond acceptors (Lipinski definition) is 4. The molecule has 2 aromatic carbocycles. The van der Waals surface area contributed by atoms with Crippen molar-refractivity contribution in [2.45, 2.75) is 39.7 Å². The summed E-state index contributed by atoms with van der Waals surface area (Å²) in [5, 5.41) is 0.635. The van der Waals surface area contributed by atoms with E-state index in [0.29, 0.717) is 14.2 Å². The van der Waals surface area contributed by atoms with E-state index in [1.807, 2.05) is 42.5 Å². The predicted octanol–water partition coefficient (Wildman–Crippen LogP) is 7.16. The van der Waals surface area contributed by atoms with Crippen LogP contribution >= 0.6 is 35.6 Å². The van der Waals surface area contributed by atoms with E-state index in [-0.39, 0.29) is 11.4 Å². The molecular formula is C25H25ClN2OS2. The quantitative estimate of drug-likeness (QED) is 0.351. The third-order valence-corrected chi connectivity index (χ3v) is 7.27. The fraction of sp³-hybridized carbons (Fsp3) is 0.280. The molecule has 0 bridgehead atoms. The highest BCUT2D eigenvalue weighted by Crippen LogP contribution is 2.43. The number of rotatable bonds is 4. The molecule has 0 aliphatic carbocycles. The van der Waals surface area contributed by atoms with E-state index < -0.39 is 0 Å². The van der Waals surface area contributed by atoms with Crippen molar-refractivity contribution in [2.75, 3.05) is 16.3 Å². The molecule has 6 heteroatoms. The number of carbonyl (C=O) groups excluding carboxylic acids is 1. The van der Waals surface area contributed by atoms with Gasteiger partial charge in [0.05, 0.1) is 16.1 Å². The highest BCUT2D eigenvalue weighted by molar-refractivity contribution is 8.27. The molecule has 2 aliphatic heterocycles. The fourth-order valence-corrected chi connectivity index (χ4v) is 5.77. The Morgan fingerprint density at radius 3 is 2.58 bits per heavy atom. The van der Waals surface area contributed by atoms with Crippen molar-refractivity contribution in [1.29, 1.82) is 0 Å². The van der Waals surface area contributed by atoms with Crippen LogP contribution in [0.2, 0.25) is 5.02 Å². The number of anilines is 2. The van der Waals surface area contributed by atoms with E-state index in [1.165, 1.54) is 17.3 Å². The molecule has 1 fully saturated rings. The topological polar surface area (TPSA) is 23.6 Å². The zero-order valence-corrected chi connectivity index (χ0v) is 20.5. The van der Waals surface area contributed by atoms with Crippen LogP contribution in [0.15, 0.2) is 53.4 Å². The summed E-state index contributed by atoms with van der Waals surface area (Å²) in [5.74, 6) is -0.115. The molecule has 0 saturated carbocycles. The van der Waals surface area contributed by atoms with Crippen molar-refractivity contribution in [3.05, 3.63) is 69.6 Å². The largest absolute Gasteiger partial charge is 0.362 e. The van der Waals surface area contributed by atoms with E-state index in [0.717, 1.165) is 35.5 Å². The average Bonchev–Trinajstić information content (AvgIpc) is 2.99. The van der Waals surface area contributed by atoms with Crippen molar-refractivity contribution in [2.24, 2.45) is 0 Å². The zero-order chi connectivity index (χ0) is 22.3. The molecular weight excluding hydrogens is 444 g/mol. The van der Waals surface area contributed by atoms with Gasteiger partial charge in [-0.1, -0.05) is 66.8 Å². The maximum Gasteiger partial charge on any atom is 0.270 e. The van der Waals surface area contributed by atoms with Crippen LogP contribution in [-0.4, -0.2) is 22.3 Å². The summed E-state index contributed by atoms with van der Waals surface area (Å²) in [4.78, 5) is 17.7. The van der Waals surface area contributed by atoms with Crippen LogP contribution in [0.5, 0.6) is 0 Å². The molecule has 31 heavy (non-hydrogen) atoms. The highest BCUT2D eigenvalue weighted by atomic mass is 35.5. The van der Waals surface area contributed by atoms with Crippen LogP contribution in [0.1, 0.15) is 45.2 Å². The van der Waals surface area contributed by atoms with Gasteiger partial charge < -0.3 is 4.90 Å². The second-order valence-electron chi connectivity index (χ2n) is 8.38. The van der Waals surface area contributed by atoms with Gasteiger partial charge in [-0.2, -0.15) is 0 Å². The van der Waals surface area contributed by atoms with Gasteiger partial charge in [0.1, 0.15) is 0 Å². The number of carbonyl (C=O) groups is 1. The van der Waals surface area contributed by atoms with Crippen molar-refractivity contribution in [3.63, 3.8) is 0 Å². The van der Waals surface area contributed by atoms with Crippen LogP contribution in [0.4, 0.5) is 11.4 Å². The first-order valence-electron chi connectivity index (χ1n) is 10.4. The SMILES string of the molecule is CCCN1c2cc(Cl)c(/C=C3/SC(=S)N(c4ccccc4)C3=O)cc2C(C)=CC1(C)C. The van der Waals surface area contributed by atoms with Crippen LogP contribution in [0.3, 0.4) is 0 Å². The van der Waals surface area contributed by atoms with Gasteiger partial charge in [-0.05, 0) is 68.7 Å². The number of thioether (sulfide) groups is 1. The average molecular weight is 469 g/mol. The van der Waals surface area contributed by atoms with E-state index in [9.17, 15) is 4.79 Å². The van der Waals surface area contributed by atoms with Gasteiger partial charge in [-0.25, -0.2) is 0 Å². The predicted molar refractivity (Wildman–Crippen MR) is 139 cm³/mol. The van der Waals surface area contributed by atoms with Gasteiger partial charge in [0, 0.05) is 22.8 Å². The summed E-state index contributed by atoms with van der Waals surface area (Å²) in [5.41, 5.74) is 5.05. The Kier molecular flexibility index (Phi) is 6.03. The molecule has 0 aromatic heterocycles. The summed E-state index contributed by atoms with van der Waals surface area (Å²) < 4.78 is 0.531. The molecule has 1 amide bonds. The molecule has 2 heterocycles. The van der Waals surface area contributed by atoms with E-state index >= 15 is 0 Å². The summed E-state index contributed by atoms with van der Waals surface area (Å²) >= 11 is 13.5. The van der Waals surface area contributed by atoms with Gasteiger partial charge >= 0.3 is 0 Å². The van der Waals surface area contributed by atoms with E-state index in [1.54, 1.807) is 4.90 Å². The van der Waals surface area contributed by atoms with Crippen molar-refractivity contribution in [1.82, 2.24) is 0 Å². The first kappa shape index (κ1) is 22.1. The second kappa shape index (κ2) is 8.45. The Balaban J connectivity index is 1.74. The number of amides is 1. The highest BCUT2D eigenvalue weighted by Gasteiger charge is 2.34. The number of hydrogen-bond donors (Lipinski definition) is 0. The first-order chi connectivity index (χ1) is 14.7. The molecule has 0 N–H and O–H groups in total. The Morgan fingerprint density at radius 1 is 1.19 bits per heavy atom. The number of para-hydroxylation sites is 1. The number of allylic oxidation sites excluding steroid dienone is 1. The third kappa shape index (κ3) is 4.07. The minimum Gasteiger partial charge on any atom is -0.362 e. The zero-order valence-electron chi connectivity index (χ0n) is 18.1. The summed E-state index contributed by atoms with van der Waals surface area (Å²) in [6, 6.07) is 13.6. The van der Waals surface area contributed by atoms with Crippen LogP contribution in [-0.2, 0) is 4.79 Å². The smallest absolute Gasteiger partial charge is 0.270 e. The van der Waals surface area contributed by atoms with E-state index in [4.69, 9.17) is 23.8 Å². The fourth-order valence-electron chi connectivity index (χ4n) is 4.27. The van der Waals surface area contributed by atoms with Crippen molar-refractivity contribution in [3.8, 4) is 0 Å². The second-order valence-corrected chi connectivity index (χ2v) is 10.5. The summed E-state index contributed by atoms with van der Waals surface area (Å²) in [6.07, 6.45) is 5.22. The number of fused-ring (bicyclic) bond motifs is 1. The maximum absolute atomic E-state index is 13.1. The Bertz CT molecular complexity index is 1120. The molecule has 0 atom stereocenters. The Hall–Kier alpha value is -2.08. The van der Waals surface area contributed by atoms with Crippen molar-refractivity contribution < 1.29 is 4.79 Å². The maximum atomic E-state index is 13.1. The lowest BCUT2D eigenvalue weighted by molar-refractivity contribution is -0.113. The molecule has 0 radical (unpaired) electrons. The van der Waals surface area contributed by atoms with Gasteiger partial charge in [0.15, 0.2) is 4.32 Å². The van der Waals surface area contributed by atoms with Crippen LogP contribution in [0, 0.1) is 0 Å². The van der Waals surface area contributed by atoms with Gasteiger partial charge in [-0.15, -0.1) is 0 Å². The molecule has 1 saturated heterocycles. The summed E-state index contributed by atoms with van der Waals surface area (Å²) in [6.45, 7) is 9.73. The lowest BCUT2D eigenvalue weighted by Gasteiger charge is -2.43. The molecule has 0 unspecified atom stereocenters. The summed E-state index contributed by atoms with van der Waals surface area (Å²) in [7, 11) is 0. The molecule has 4 rings (SSSR count). The number of nitrogens with zero attached hydrogens (tertiary/aromatic N) is 2. The normalized spacial score (nSPS) is 19.1. The monoisotopic (exact) mass is 468 g/mol. The Labute approximate surface area is 198 Å². The molecule has 2 aromatic rings. The minimum absolute atomic E-state index is 0.0734. The number of halogens is 1. The van der Waals surface area contributed by atoms with E-state index in [2.05, 4.69) is 44.7 Å². The number of benzene rings is 2. The van der Waals surface area contributed by atoms with Gasteiger partial charge in [-0.3, -0.25) is 9.69 Å². The van der Waals surface area contributed by atoms with Crippen LogP contribution in [0.25, 0.3) is 11.6 Å². The molecule has 160 valence electrons. The van der Waals surface area contributed by atoms with Crippen molar-refractivity contribution >= 4 is 68.8 Å². The van der Waals surface area contributed by atoms with Crippen LogP contribution < -0.4 is 9.80 Å².